The predicted molar refractivity (Wildman–Crippen MR) is 106 cm³/mol. The fraction of sp³-hybridized carbons (Fsp3) is 0.412. The third-order valence-corrected chi connectivity index (χ3v) is 4.59. The van der Waals surface area contributed by atoms with Crippen LogP contribution in [0.5, 0.6) is 5.75 Å². The van der Waals surface area contributed by atoms with Gasteiger partial charge in [-0.25, -0.2) is 9.97 Å². The molecule has 1 atom stereocenters. The highest BCUT2D eigenvalue weighted by molar-refractivity contribution is 5.85. The van der Waals surface area contributed by atoms with Crippen LogP contribution in [0.3, 0.4) is 0 Å². The van der Waals surface area contributed by atoms with Gasteiger partial charge in [-0.2, -0.15) is 10.2 Å². The van der Waals surface area contributed by atoms with Crippen LogP contribution < -0.4 is 10.2 Å². The quantitative estimate of drug-likeness (QED) is 0.659. The van der Waals surface area contributed by atoms with Gasteiger partial charge in [0.05, 0.1) is 24.8 Å². The van der Waals surface area contributed by atoms with Gasteiger partial charge in [0.2, 0.25) is 5.95 Å². The number of piperazine rings is 1. The molecular formula is C17H22ClN9O. The van der Waals surface area contributed by atoms with Crippen LogP contribution in [0.25, 0.3) is 17.1 Å². The van der Waals surface area contributed by atoms with Crippen molar-refractivity contribution in [3.05, 3.63) is 30.9 Å². The van der Waals surface area contributed by atoms with Gasteiger partial charge in [-0.05, 0) is 5.92 Å². The van der Waals surface area contributed by atoms with E-state index < -0.39 is 0 Å². The Bertz CT molecular complexity index is 902. The van der Waals surface area contributed by atoms with E-state index in [-0.39, 0.29) is 18.2 Å². The molecule has 1 fully saturated rings. The fourth-order valence-corrected chi connectivity index (χ4v) is 3.03. The van der Waals surface area contributed by atoms with E-state index in [2.05, 4.69) is 54.4 Å². The molecule has 0 bridgehead atoms. The van der Waals surface area contributed by atoms with Crippen LogP contribution in [-0.2, 0) is 0 Å². The number of hydrogen-bond donors (Lipinski definition) is 2. The number of nitrogens with one attached hydrogen (secondary N) is 1. The van der Waals surface area contributed by atoms with Crippen LogP contribution in [-0.4, -0.2) is 65.9 Å². The van der Waals surface area contributed by atoms with Crippen molar-refractivity contribution in [3.8, 4) is 22.8 Å². The maximum atomic E-state index is 10.3. The van der Waals surface area contributed by atoms with Gasteiger partial charge in [0.25, 0.3) is 0 Å². The minimum Gasteiger partial charge on any atom is -0.506 e. The van der Waals surface area contributed by atoms with Crippen LogP contribution in [0.2, 0.25) is 0 Å². The third-order valence-electron chi connectivity index (χ3n) is 4.59. The van der Waals surface area contributed by atoms with Crippen LogP contribution in [0.4, 0.5) is 5.95 Å². The van der Waals surface area contributed by atoms with Gasteiger partial charge in [-0.1, -0.05) is 13.8 Å². The number of aromatic nitrogens is 7. The fourth-order valence-electron chi connectivity index (χ4n) is 3.03. The Morgan fingerprint density at radius 2 is 1.93 bits per heavy atom. The summed E-state index contributed by atoms with van der Waals surface area (Å²) >= 11 is 0. The lowest BCUT2D eigenvalue weighted by Crippen LogP contribution is -2.53. The highest BCUT2D eigenvalue weighted by Crippen LogP contribution is 2.26. The molecule has 1 aliphatic rings. The lowest BCUT2D eigenvalue weighted by molar-refractivity contribution is 0.365. The zero-order valence-corrected chi connectivity index (χ0v) is 16.4. The molecule has 3 aromatic rings. The Balaban J connectivity index is 0.00000225. The summed E-state index contributed by atoms with van der Waals surface area (Å²) in [5.74, 6) is 1.09. The van der Waals surface area contributed by atoms with Crippen LogP contribution >= 0.6 is 12.4 Å². The first-order chi connectivity index (χ1) is 13.1. The van der Waals surface area contributed by atoms with Crippen molar-refractivity contribution in [2.75, 3.05) is 24.5 Å². The molecule has 4 heterocycles. The summed E-state index contributed by atoms with van der Waals surface area (Å²) in [4.78, 5) is 12.2. The van der Waals surface area contributed by atoms with E-state index >= 15 is 0 Å². The van der Waals surface area contributed by atoms with Gasteiger partial charge in [0.1, 0.15) is 22.8 Å². The summed E-state index contributed by atoms with van der Waals surface area (Å²) in [6.07, 6.45) is 6.26. The molecule has 0 radical (unpaired) electrons. The van der Waals surface area contributed by atoms with Gasteiger partial charge in [0.15, 0.2) is 0 Å². The lowest BCUT2D eigenvalue weighted by atomic mass is 10.0. The van der Waals surface area contributed by atoms with Crippen molar-refractivity contribution in [3.63, 3.8) is 0 Å². The monoisotopic (exact) mass is 403 g/mol. The minimum atomic E-state index is -0.0318. The van der Waals surface area contributed by atoms with Gasteiger partial charge >= 0.3 is 0 Å². The Kier molecular flexibility index (Phi) is 6.00. The molecule has 0 amide bonds. The van der Waals surface area contributed by atoms with Gasteiger partial charge in [-0.3, -0.25) is 0 Å². The number of halogens is 1. The molecule has 148 valence electrons. The number of nitrogens with zero attached hydrogens (tertiary/aromatic N) is 8. The molecule has 1 saturated heterocycles. The zero-order chi connectivity index (χ0) is 18.8. The van der Waals surface area contributed by atoms with Gasteiger partial charge in [-0.15, -0.1) is 27.4 Å². The Labute approximate surface area is 168 Å². The third kappa shape index (κ3) is 4.02. The van der Waals surface area contributed by atoms with Crippen molar-refractivity contribution in [2.45, 2.75) is 19.9 Å². The molecule has 4 rings (SSSR count). The highest BCUT2D eigenvalue weighted by atomic mass is 35.5. The summed E-state index contributed by atoms with van der Waals surface area (Å²) in [7, 11) is 0. The molecule has 0 saturated carbocycles. The lowest BCUT2D eigenvalue weighted by Gasteiger charge is -2.35. The van der Waals surface area contributed by atoms with E-state index in [1.54, 1.807) is 24.8 Å². The number of rotatable bonds is 4. The summed E-state index contributed by atoms with van der Waals surface area (Å²) in [5, 5.41) is 30.3. The number of pyridine rings is 1. The van der Waals surface area contributed by atoms with Gasteiger partial charge < -0.3 is 15.3 Å². The summed E-state index contributed by atoms with van der Waals surface area (Å²) in [6.45, 7) is 6.95. The largest absolute Gasteiger partial charge is 0.506 e. The minimum absolute atomic E-state index is 0. The summed E-state index contributed by atoms with van der Waals surface area (Å²) in [6, 6.07) is 1.93. The molecule has 3 aromatic heterocycles. The second-order valence-electron chi connectivity index (χ2n) is 6.77. The van der Waals surface area contributed by atoms with E-state index in [9.17, 15) is 5.11 Å². The molecule has 0 unspecified atom stereocenters. The first-order valence-corrected chi connectivity index (χ1v) is 8.86. The second-order valence-corrected chi connectivity index (χ2v) is 6.77. The van der Waals surface area contributed by atoms with Crippen LogP contribution in [0, 0.1) is 5.92 Å². The van der Waals surface area contributed by atoms with Crippen molar-refractivity contribution < 1.29 is 5.11 Å². The van der Waals surface area contributed by atoms with E-state index in [0.29, 0.717) is 35.0 Å². The van der Waals surface area contributed by atoms with Crippen molar-refractivity contribution in [1.82, 2.24) is 40.5 Å². The molecule has 10 nitrogen and oxygen atoms in total. The van der Waals surface area contributed by atoms with Crippen molar-refractivity contribution >= 4 is 18.4 Å². The van der Waals surface area contributed by atoms with Crippen LogP contribution in [0.1, 0.15) is 13.8 Å². The average molecular weight is 404 g/mol. The SMILES string of the molecule is CC(C)[C@H]1CN(c2ncc(-c3ncc(-n4nccn4)cc3O)nn2)CCN1.Cl. The molecule has 0 spiro atoms. The average Bonchev–Trinajstić information content (AvgIpc) is 3.23. The van der Waals surface area contributed by atoms with E-state index in [0.717, 1.165) is 19.6 Å². The standard InChI is InChI=1S/C17H21N9O.ClH/c1-11(2)14-10-25(6-5-18-14)17-20-9-13(23-24-17)16-15(27)7-12(8-19-16)26-21-3-4-22-26;/h3-4,7-9,11,14,18,27H,5-6,10H2,1-2H3;1H/t14-;/m1./s1. The molecule has 2 N–H and O–H groups in total. The number of anilines is 1. The number of aromatic hydroxyl groups is 1. The first-order valence-electron chi connectivity index (χ1n) is 8.86. The predicted octanol–water partition coefficient (Wildman–Crippen LogP) is 1.08. The Hall–Kier alpha value is -2.85. The van der Waals surface area contributed by atoms with E-state index in [4.69, 9.17) is 0 Å². The topological polar surface area (TPSA) is 118 Å². The zero-order valence-electron chi connectivity index (χ0n) is 15.6. The normalized spacial score (nSPS) is 16.8. The summed E-state index contributed by atoms with van der Waals surface area (Å²) in [5.41, 5.74) is 1.28. The van der Waals surface area contributed by atoms with E-state index in [1.807, 2.05) is 0 Å². The highest BCUT2D eigenvalue weighted by Gasteiger charge is 2.24. The maximum Gasteiger partial charge on any atom is 0.245 e. The molecule has 0 aliphatic carbocycles. The molecule has 0 aromatic carbocycles. The molecular weight excluding hydrogens is 382 g/mol. The van der Waals surface area contributed by atoms with E-state index in [1.165, 1.54) is 10.9 Å². The first kappa shape index (κ1) is 19.9. The van der Waals surface area contributed by atoms with Crippen molar-refractivity contribution in [1.29, 1.82) is 0 Å². The molecule has 28 heavy (non-hydrogen) atoms. The van der Waals surface area contributed by atoms with Crippen LogP contribution in [0.15, 0.2) is 30.9 Å². The smallest absolute Gasteiger partial charge is 0.245 e. The number of hydrogen-bond acceptors (Lipinski definition) is 9. The van der Waals surface area contributed by atoms with Gasteiger partial charge in [0, 0.05) is 31.7 Å². The summed E-state index contributed by atoms with van der Waals surface area (Å²) < 4.78 is 0. The van der Waals surface area contributed by atoms with Crippen molar-refractivity contribution in [2.24, 2.45) is 5.92 Å². The second kappa shape index (κ2) is 8.44. The Morgan fingerprint density at radius 1 is 1.14 bits per heavy atom. The Morgan fingerprint density at radius 3 is 2.57 bits per heavy atom. The maximum absolute atomic E-state index is 10.3. The molecule has 11 heteroatoms. The molecule has 1 aliphatic heterocycles.